The number of likely N-dealkylation sites (tertiary alicyclic amines) is 1. The van der Waals surface area contributed by atoms with Gasteiger partial charge in [0.05, 0.1) is 24.0 Å². The number of carbonyl (C=O) groups excluding carboxylic acids is 1. The maximum Gasteiger partial charge on any atom is 0.280 e. The molecule has 8 nitrogen and oxygen atoms in total. The lowest BCUT2D eigenvalue weighted by atomic mass is 10.00. The Morgan fingerprint density at radius 2 is 2.19 bits per heavy atom. The van der Waals surface area contributed by atoms with Gasteiger partial charge in [0.1, 0.15) is 27.4 Å². The third-order valence-corrected chi connectivity index (χ3v) is 6.45. The molecule has 31 heavy (non-hydrogen) atoms. The molecule has 1 aliphatic rings. The first kappa shape index (κ1) is 21.7. The third kappa shape index (κ3) is 4.71. The molecular formula is C21H24ClN7OS. The number of halogens is 1. The van der Waals surface area contributed by atoms with E-state index in [9.17, 15) is 10.1 Å². The van der Waals surface area contributed by atoms with Crippen molar-refractivity contribution in [3.05, 3.63) is 39.3 Å². The van der Waals surface area contributed by atoms with Crippen LogP contribution >= 0.6 is 22.9 Å². The summed E-state index contributed by atoms with van der Waals surface area (Å²) in [7, 11) is 2.05. The Morgan fingerprint density at radius 1 is 1.39 bits per heavy atom. The van der Waals surface area contributed by atoms with Crippen LogP contribution in [0, 0.1) is 17.2 Å². The van der Waals surface area contributed by atoms with Gasteiger partial charge in [-0.1, -0.05) is 36.8 Å². The molecular weight excluding hydrogens is 434 g/mol. The highest BCUT2D eigenvalue weighted by Crippen LogP contribution is 2.29. The molecule has 3 aromatic rings. The van der Waals surface area contributed by atoms with Gasteiger partial charge >= 0.3 is 0 Å². The molecule has 0 aromatic carbocycles. The Bertz CT molecular complexity index is 1150. The highest BCUT2D eigenvalue weighted by atomic mass is 35.5. The van der Waals surface area contributed by atoms with E-state index in [1.165, 1.54) is 17.5 Å². The number of hydrogen-bond acceptors (Lipinski definition) is 7. The number of imidazole rings is 1. The van der Waals surface area contributed by atoms with Crippen molar-refractivity contribution in [2.24, 2.45) is 5.92 Å². The average molecular weight is 458 g/mol. The molecule has 4 rings (SSSR count). The number of hydrogen-bond donors (Lipinski definition) is 1. The molecule has 2 atom stereocenters. The number of likely N-dealkylation sites (N-methyl/N-ethyl adjacent to an activating group) is 1. The Kier molecular flexibility index (Phi) is 6.23. The number of nitrogens with one attached hydrogen (secondary N) is 1. The van der Waals surface area contributed by atoms with Crippen molar-refractivity contribution >= 4 is 39.9 Å². The fourth-order valence-electron chi connectivity index (χ4n) is 4.21. The van der Waals surface area contributed by atoms with Gasteiger partial charge < -0.3 is 14.8 Å². The Morgan fingerprint density at radius 3 is 2.87 bits per heavy atom. The van der Waals surface area contributed by atoms with Crippen molar-refractivity contribution in [2.75, 3.05) is 20.1 Å². The van der Waals surface area contributed by atoms with Crippen molar-refractivity contribution in [1.29, 1.82) is 5.26 Å². The summed E-state index contributed by atoms with van der Waals surface area (Å²) in [5.74, 6) is 1.22. The van der Waals surface area contributed by atoms with E-state index in [0.29, 0.717) is 21.0 Å². The largest absolute Gasteiger partial charge is 0.346 e. The van der Waals surface area contributed by atoms with E-state index in [-0.39, 0.29) is 18.0 Å². The quantitative estimate of drug-likeness (QED) is 0.631. The van der Waals surface area contributed by atoms with Gasteiger partial charge in [-0.05, 0) is 19.4 Å². The minimum atomic E-state index is -0.204. The molecule has 0 spiro atoms. The molecule has 1 saturated heterocycles. The zero-order valence-electron chi connectivity index (χ0n) is 17.7. The molecule has 1 fully saturated rings. The summed E-state index contributed by atoms with van der Waals surface area (Å²) < 4.78 is 2.74. The van der Waals surface area contributed by atoms with Gasteiger partial charge in [0.15, 0.2) is 5.01 Å². The number of pyridine rings is 1. The van der Waals surface area contributed by atoms with Crippen LogP contribution in [0.3, 0.4) is 0 Å². The molecule has 0 radical (unpaired) electrons. The molecule has 0 bridgehead atoms. The maximum atomic E-state index is 12.6. The highest BCUT2D eigenvalue weighted by Gasteiger charge is 2.31. The number of nitriles is 1. The Labute approximate surface area is 189 Å². The number of fused-ring (bicyclic) bond motifs is 1. The number of rotatable bonds is 5. The summed E-state index contributed by atoms with van der Waals surface area (Å²) in [5.41, 5.74) is 2.08. The fourth-order valence-corrected chi connectivity index (χ4v) is 5.03. The van der Waals surface area contributed by atoms with Crippen LogP contribution in [0.25, 0.3) is 11.0 Å². The van der Waals surface area contributed by atoms with Gasteiger partial charge in [-0.15, -0.1) is 0 Å². The van der Waals surface area contributed by atoms with Crippen molar-refractivity contribution in [3.8, 4) is 6.07 Å². The van der Waals surface area contributed by atoms with Crippen LogP contribution in [0.1, 0.15) is 47.6 Å². The summed E-state index contributed by atoms with van der Waals surface area (Å²) in [4.78, 5) is 27.9. The van der Waals surface area contributed by atoms with E-state index in [0.717, 1.165) is 42.8 Å². The van der Waals surface area contributed by atoms with E-state index in [1.54, 1.807) is 6.20 Å². The predicted molar refractivity (Wildman–Crippen MR) is 120 cm³/mol. The summed E-state index contributed by atoms with van der Waals surface area (Å²) in [6, 6.07) is 4.01. The smallest absolute Gasteiger partial charge is 0.280 e. The highest BCUT2D eigenvalue weighted by molar-refractivity contribution is 7.17. The van der Waals surface area contributed by atoms with Gasteiger partial charge in [0.25, 0.3) is 5.91 Å². The van der Waals surface area contributed by atoms with Crippen molar-refractivity contribution in [3.63, 3.8) is 0 Å². The summed E-state index contributed by atoms with van der Waals surface area (Å²) in [5, 5.41) is 12.8. The van der Waals surface area contributed by atoms with Crippen LogP contribution in [0.15, 0.2) is 18.5 Å². The van der Waals surface area contributed by atoms with Gasteiger partial charge in [0.2, 0.25) is 0 Å². The predicted octanol–water partition coefficient (Wildman–Crippen LogP) is 3.29. The zero-order valence-corrected chi connectivity index (χ0v) is 19.2. The van der Waals surface area contributed by atoms with Gasteiger partial charge in [-0.2, -0.15) is 5.26 Å². The number of amides is 1. The van der Waals surface area contributed by atoms with Crippen molar-refractivity contribution in [2.45, 2.75) is 38.8 Å². The van der Waals surface area contributed by atoms with E-state index in [2.05, 4.69) is 51.7 Å². The average Bonchev–Trinajstić information content (AvgIpc) is 3.29. The second kappa shape index (κ2) is 8.91. The number of nitrogens with zero attached hydrogens (tertiary/aromatic N) is 6. The summed E-state index contributed by atoms with van der Waals surface area (Å²) in [6.45, 7) is 5.91. The van der Waals surface area contributed by atoms with E-state index >= 15 is 0 Å². The van der Waals surface area contributed by atoms with Gasteiger partial charge in [-0.3, -0.25) is 4.79 Å². The monoisotopic (exact) mass is 457 g/mol. The van der Waals surface area contributed by atoms with Crippen LogP contribution in [0.4, 0.5) is 0 Å². The normalized spacial score (nSPS) is 19.6. The molecule has 0 saturated carbocycles. The first-order chi connectivity index (χ1) is 14.8. The minimum Gasteiger partial charge on any atom is -0.346 e. The van der Waals surface area contributed by atoms with Crippen LogP contribution in [0.5, 0.6) is 0 Å². The molecule has 162 valence electrons. The van der Waals surface area contributed by atoms with Crippen molar-refractivity contribution in [1.82, 2.24) is 29.7 Å². The number of carbonyl (C=O) groups is 1. The number of thiazole rings is 1. The lowest BCUT2D eigenvalue weighted by molar-refractivity contribution is 0.0892. The lowest BCUT2D eigenvalue weighted by Crippen LogP contribution is -2.50. The fraction of sp³-hybridized carbons (Fsp3) is 0.476. The first-order valence-electron chi connectivity index (χ1n) is 10.2. The second-order valence-corrected chi connectivity index (χ2v) is 10.1. The maximum absolute atomic E-state index is 12.6. The standard InChI is InChI=1S/C21H24ClN7OS/c1-12(2)4-19-27-16-8-24-13(7-23)6-17(16)29(19)15-5-14(10-28(3)11-15)26-20(30)21-25-9-18(22)31-21/h6,8-9,12,14-15H,4-5,10-11H2,1-3H3,(H,26,30). The second-order valence-electron chi connectivity index (χ2n) is 8.42. The van der Waals surface area contributed by atoms with E-state index in [4.69, 9.17) is 16.6 Å². The Balaban J connectivity index is 1.65. The molecule has 4 heterocycles. The molecule has 2 unspecified atom stereocenters. The zero-order chi connectivity index (χ0) is 22.1. The van der Waals surface area contributed by atoms with Crippen LogP contribution < -0.4 is 5.32 Å². The van der Waals surface area contributed by atoms with E-state index in [1.807, 2.05) is 6.07 Å². The molecule has 0 aliphatic carbocycles. The van der Waals surface area contributed by atoms with Crippen LogP contribution in [-0.4, -0.2) is 56.5 Å². The molecule has 1 aliphatic heterocycles. The van der Waals surface area contributed by atoms with Crippen molar-refractivity contribution < 1.29 is 4.79 Å². The molecule has 10 heteroatoms. The first-order valence-corrected chi connectivity index (χ1v) is 11.4. The lowest BCUT2D eigenvalue weighted by Gasteiger charge is -2.37. The molecule has 1 amide bonds. The van der Waals surface area contributed by atoms with Crippen LogP contribution in [-0.2, 0) is 6.42 Å². The topological polar surface area (TPSA) is 99.7 Å². The SMILES string of the molecule is CC(C)Cc1nc2cnc(C#N)cc2n1C1CC(NC(=O)c2ncc(Cl)s2)CN(C)C1. The number of aromatic nitrogens is 4. The molecule has 3 aromatic heterocycles. The Hall–Kier alpha value is -2.54. The van der Waals surface area contributed by atoms with Gasteiger partial charge in [0, 0.05) is 31.6 Å². The molecule has 1 N–H and O–H groups in total. The number of piperidine rings is 1. The summed E-state index contributed by atoms with van der Waals surface area (Å²) in [6.07, 6.45) is 4.75. The minimum absolute atomic E-state index is 0.0412. The third-order valence-electron chi connectivity index (χ3n) is 5.34. The van der Waals surface area contributed by atoms with E-state index < -0.39 is 0 Å². The van der Waals surface area contributed by atoms with Crippen LogP contribution in [0.2, 0.25) is 4.34 Å². The summed E-state index contributed by atoms with van der Waals surface area (Å²) >= 11 is 7.10. The van der Waals surface area contributed by atoms with Gasteiger partial charge in [-0.25, -0.2) is 15.0 Å².